The van der Waals surface area contributed by atoms with Crippen molar-refractivity contribution in [1.29, 1.82) is 0 Å². The number of hydrogen-bond donors (Lipinski definition) is 0. The molecule has 104 valence electrons. The van der Waals surface area contributed by atoms with Gasteiger partial charge in [-0.2, -0.15) is 0 Å². The molecule has 0 atom stereocenters. The third kappa shape index (κ3) is 31.3. The summed E-state index contributed by atoms with van der Waals surface area (Å²) in [5, 5.41) is 16.5. The zero-order valence-corrected chi connectivity index (χ0v) is 12.0. The molecule has 2 heterocycles. The van der Waals surface area contributed by atoms with E-state index in [9.17, 15) is 0 Å². The number of hydrogen-bond acceptors (Lipinski definition) is 6. The first-order valence-electron chi connectivity index (χ1n) is 4.64. The van der Waals surface area contributed by atoms with E-state index >= 15 is 0 Å². The summed E-state index contributed by atoms with van der Waals surface area (Å²) >= 11 is 0. The summed E-state index contributed by atoms with van der Waals surface area (Å²) in [6, 6.07) is 11.4. The van der Waals surface area contributed by atoms with Crippen LogP contribution in [0.4, 0.5) is 0 Å². The summed E-state index contributed by atoms with van der Waals surface area (Å²) in [7, 11) is 0. The Balaban J connectivity index is -0.000000188. The summed E-state index contributed by atoms with van der Waals surface area (Å²) in [5.41, 5.74) is 0. The first kappa shape index (κ1) is 22.1. The van der Waals surface area contributed by atoms with E-state index in [0.29, 0.717) is 0 Å². The fourth-order valence-corrected chi connectivity index (χ4v) is 0.625. The molecule has 0 unspecified atom stereocenters. The van der Waals surface area contributed by atoms with Crippen LogP contribution in [0.2, 0.25) is 0 Å². The fraction of sp³-hybridized carbons (Fsp3) is 0. The Labute approximate surface area is 125 Å². The maximum absolute atomic E-state index is 8.25. The first-order valence-corrected chi connectivity index (χ1v) is 4.64. The van der Waals surface area contributed by atoms with Crippen molar-refractivity contribution in [1.82, 2.24) is 9.97 Å². The molecular formula is C12H12N2O4Pt. The van der Waals surface area contributed by atoms with E-state index in [4.69, 9.17) is 19.8 Å². The summed E-state index contributed by atoms with van der Waals surface area (Å²) in [6.07, 6.45) is 7.00. The van der Waals surface area contributed by atoms with Gasteiger partial charge in [-0.25, -0.2) is 0 Å². The monoisotopic (exact) mass is 443 g/mol. The van der Waals surface area contributed by atoms with Gasteiger partial charge >= 0.3 is 21.1 Å². The van der Waals surface area contributed by atoms with Gasteiger partial charge < -0.3 is 19.8 Å². The van der Waals surface area contributed by atoms with Crippen LogP contribution in [-0.2, 0) is 30.7 Å². The van der Waals surface area contributed by atoms with Crippen LogP contribution in [0.25, 0.3) is 0 Å². The van der Waals surface area contributed by atoms with Crippen LogP contribution in [0.5, 0.6) is 0 Å². The maximum Gasteiger partial charge on any atom is 2.00 e. The van der Waals surface area contributed by atoms with Crippen LogP contribution < -0.4 is 10.2 Å². The van der Waals surface area contributed by atoms with Crippen molar-refractivity contribution >= 4 is 12.9 Å². The van der Waals surface area contributed by atoms with Crippen LogP contribution in [0.1, 0.15) is 0 Å². The van der Waals surface area contributed by atoms with Crippen molar-refractivity contribution in [3.05, 3.63) is 61.2 Å². The molecule has 6 nitrogen and oxygen atoms in total. The van der Waals surface area contributed by atoms with Crippen molar-refractivity contribution in [3.63, 3.8) is 0 Å². The minimum absolute atomic E-state index is 0. The molecule has 0 aliphatic heterocycles. The number of carboxylic acid groups (broad SMARTS) is 2. The minimum Gasteiger partial charge on any atom is -0.554 e. The van der Waals surface area contributed by atoms with E-state index in [1.54, 1.807) is 24.8 Å². The smallest absolute Gasteiger partial charge is 0.554 e. The molecule has 0 N–H and O–H groups in total. The van der Waals surface area contributed by atoms with Crippen molar-refractivity contribution in [2.45, 2.75) is 0 Å². The maximum atomic E-state index is 8.25. The Kier molecular flexibility index (Phi) is 29.1. The SMILES string of the molecule is O=C[O-].O=C[O-].[Pt+2].c1ccncc1.c1ccncc1. The summed E-state index contributed by atoms with van der Waals surface area (Å²) in [6.45, 7) is -1.00. The van der Waals surface area contributed by atoms with Crippen LogP contribution in [0, 0.1) is 0 Å². The van der Waals surface area contributed by atoms with E-state index < -0.39 is 12.9 Å². The summed E-state index contributed by atoms with van der Waals surface area (Å²) in [4.78, 5) is 24.1. The number of aromatic nitrogens is 2. The third-order valence-electron chi connectivity index (χ3n) is 1.13. The van der Waals surface area contributed by atoms with E-state index in [0.717, 1.165) is 0 Å². The normalized spacial score (nSPS) is 6.32. The molecular weight excluding hydrogens is 431 g/mol. The first-order chi connectivity index (χ1) is 8.83. The van der Waals surface area contributed by atoms with Gasteiger partial charge in [-0.05, 0) is 24.3 Å². The van der Waals surface area contributed by atoms with Gasteiger partial charge in [0.25, 0.3) is 0 Å². The summed E-state index contributed by atoms with van der Waals surface area (Å²) in [5.74, 6) is 0. The molecule has 0 amide bonds. The van der Waals surface area contributed by atoms with Gasteiger partial charge in [0, 0.05) is 37.7 Å². The van der Waals surface area contributed by atoms with Gasteiger partial charge in [0.2, 0.25) is 0 Å². The standard InChI is InChI=1S/2C5H5N.2CH2O2.Pt/c2*1-2-4-6-5-3-1;2*2-1-3;/h2*1-5H;2*1H,(H,2,3);/q;;;;+2/p-2. The van der Waals surface area contributed by atoms with Crippen LogP contribution in [0.15, 0.2) is 61.2 Å². The van der Waals surface area contributed by atoms with Crippen LogP contribution >= 0.6 is 0 Å². The zero-order valence-electron chi connectivity index (χ0n) is 9.77. The van der Waals surface area contributed by atoms with Crippen molar-refractivity contribution in [2.75, 3.05) is 0 Å². The molecule has 2 aromatic heterocycles. The van der Waals surface area contributed by atoms with Gasteiger partial charge in [0.1, 0.15) is 0 Å². The molecule has 0 saturated carbocycles. The topological polar surface area (TPSA) is 106 Å². The molecule has 7 heteroatoms. The fourth-order valence-electron chi connectivity index (χ4n) is 0.625. The summed E-state index contributed by atoms with van der Waals surface area (Å²) < 4.78 is 0. The molecule has 0 spiro atoms. The Bertz CT molecular complexity index is 272. The molecule has 2 rings (SSSR count). The van der Waals surface area contributed by atoms with Crippen LogP contribution in [-0.4, -0.2) is 22.9 Å². The van der Waals surface area contributed by atoms with Gasteiger partial charge in [-0.1, -0.05) is 12.1 Å². The van der Waals surface area contributed by atoms with E-state index in [1.165, 1.54) is 0 Å². The Morgan fingerprint density at radius 1 is 0.632 bits per heavy atom. The number of nitrogens with zero attached hydrogens (tertiary/aromatic N) is 2. The molecule has 2 aromatic rings. The molecule has 0 aliphatic rings. The van der Waals surface area contributed by atoms with E-state index in [1.807, 2.05) is 36.4 Å². The number of carbonyl (C=O) groups is 2. The van der Waals surface area contributed by atoms with E-state index in [-0.39, 0.29) is 21.1 Å². The van der Waals surface area contributed by atoms with Gasteiger partial charge in [0.15, 0.2) is 0 Å². The average Bonchev–Trinajstić information content (AvgIpc) is 2.45. The van der Waals surface area contributed by atoms with Crippen molar-refractivity contribution in [3.8, 4) is 0 Å². The predicted octanol–water partition coefficient (Wildman–Crippen LogP) is -1.11. The van der Waals surface area contributed by atoms with Crippen LogP contribution in [0.3, 0.4) is 0 Å². The zero-order chi connectivity index (χ0) is 13.9. The molecule has 0 saturated heterocycles. The van der Waals surface area contributed by atoms with Gasteiger partial charge in [0.05, 0.1) is 0 Å². The Morgan fingerprint density at radius 2 is 0.842 bits per heavy atom. The van der Waals surface area contributed by atoms with Gasteiger partial charge in [-0.15, -0.1) is 0 Å². The Morgan fingerprint density at radius 3 is 0.895 bits per heavy atom. The molecule has 0 aromatic carbocycles. The van der Waals surface area contributed by atoms with Gasteiger partial charge in [-0.3, -0.25) is 9.97 Å². The second kappa shape index (κ2) is 24.9. The second-order valence-electron chi connectivity index (χ2n) is 2.24. The average molecular weight is 443 g/mol. The number of pyridine rings is 2. The minimum atomic E-state index is -0.500. The van der Waals surface area contributed by atoms with Crippen molar-refractivity contribution in [2.24, 2.45) is 0 Å². The molecule has 0 fully saturated rings. The molecule has 0 bridgehead atoms. The molecule has 19 heavy (non-hydrogen) atoms. The largest absolute Gasteiger partial charge is 2.00 e. The predicted molar refractivity (Wildman–Crippen MR) is 60.6 cm³/mol. The second-order valence-corrected chi connectivity index (χ2v) is 2.24. The quantitative estimate of drug-likeness (QED) is 0.479. The van der Waals surface area contributed by atoms with E-state index in [2.05, 4.69) is 9.97 Å². The Hall–Kier alpha value is -2.07. The number of rotatable bonds is 0. The molecule has 0 radical (unpaired) electrons. The molecule has 0 aliphatic carbocycles. The van der Waals surface area contributed by atoms with Crippen molar-refractivity contribution < 1.29 is 40.9 Å². The number of carbonyl (C=O) groups excluding carboxylic acids is 2. The third-order valence-corrected chi connectivity index (χ3v) is 1.13.